The molecule has 5 aromatic rings. The molecular formula is C92H122N12O24S2. The summed E-state index contributed by atoms with van der Waals surface area (Å²) >= 11 is 0. The number of rotatable bonds is 51. The van der Waals surface area contributed by atoms with Crippen LogP contribution >= 0.6 is 21.6 Å². The summed E-state index contributed by atoms with van der Waals surface area (Å²) < 4.78 is 16.6. The van der Waals surface area contributed by atoms with Crippen molar-refractivity contribution in [3.05, 3.63) is 143 Å². The van der Waals surface area contributed by atoms with Crippen molar-refractivity contribution in [1.29, 1.82) is 0 Å². The van der Waals surface area contributed by atoms with Gasteiger partial charge in [-0.1, -0.05) is 140 Å². The quantitative estimate of drug-likeness (QED) is 0.00786. The zero-order chi connectivity index (χ0) is 94.7. The van der Waals surface area contributed by atoms with E-state index in [9.17, 15) is 93.0 Å². The largest absolute Gasteiger partial charge is 0.496 e. The molecule has 1 aliphatic carbocycles. The Hall–Kier alpha value is -11.0. The number of carboxylic acid groups (broad SMARTS) is 4. The summed E-state index contributed by atoms with van der Waals surface area (Å²) in [5.74, 6) is -13.5. The number of amides is 7. The fourth-order valence-electron chi connectivity index (χ4n) is 19.9. The molecule has 130 heavy (non-hydrogen) atoms. The second-order valence-electron chi connectivity index (χ2n) is 35.0. The van der Waals surface area contributed by atoms with Crippen LogP contribution in [0.25, 0.3) is 10.9 Å². The van der Waals surface area contributed by atoms with E-state index in [-0.39, 0.29) is 68.8 Å². The summed E-state index contributed by atoms with van der Waals surface area (Å²) in [4.78, 5) is 194. The summed E-state index contributed by atoms with van der Waals surface area (Å²) in [6, 6.07) is 20.5. The van der Waals surface area contributed by atoms with Gasteiger partial charge in [0.2, 0.25) is 23.6 Å². The van der Waals surface area contributed by atoms with E-state index in [0.29, 0.717) is 74.3 Å². The second kappa shape index (κ2) is 44.7. The number of anilines is 1. The predicted molar refractivity (Wildman–Crippen MR) is 482 cm³/mol. The highest BCUT2D eigenvalue weighted by Crippen LogP contribution is 2.69. The maximum Gasteiger partial charge on any atom is 0.407 e. The number of nitrogens with two attached hydrogens (primary N) is 1. The number of carbonyl (C=O) groups excluding carboxylic acids is 10. The standard InChI is InChI=1S/C92H122N12O24S2/c1-9-89(124,47-53(3)4)33-37-103-36-31-60-59-24-17-18-25-64(59)98-78(60)88(103,6)62-44-61-68(46-71(62)126-8)102(7)84-91(61)48-54(5)104-35-19-32-90(10-2,83(91)104)85(121)92(84,125)72(108)50-96-87(123)127-38-39-129-130-51-58(81(117)118)43-70(107)67(45-77(113)114)99-80(116)63(93)49-95-79(115)57(40-55-20-13-11-14-21-55)42-69(106)66(41-56-22-15-12-16-23-56)97-74(110)30-34-94-73(109)27-26-65(82(119)120)100-86(122)101-75(128-52-105)28-29-76(111)112/h11-25,32,44,46,52-54,57-58,63,65-67,75,83-85,98,121,124-125H,9-10,26-31,33-43,45,47-51,93H2,1-8H3,(H,94,109)(H,95,115)(H,96,123)(H,97,110)(H,99,116)(H,111,112)(H,113,114)(H,117,118)(H,119,120)(H2,100,101,122)/t54?,57-,58-,63+,65+,66+,67+,75-,83+,84?,85-,88-,89+,90-,91-,92+/m1/s1. The number of carboxylic acids is 4. The average Bonchev–Trinajstić information content (AvgIpc) is 1.47. The Kier molecular flexibility index (Phi) is 34.8. The number of urea groups is 1. The van der Waals surface area contributed by atoms with Crippen molar-refractivity contribution in [2.24, 2.45) is 28.9 Å². The zero-order valence-electron chi connectivity index (χ0n) is 74.4. The lowest BCUT2D eigenvalue weighted by molar-refractivity contribution is -0.201. The number of hydrogen-bond acceptors (Lipinski definition) is 26. The number of H-pyrrole nitrogens is 1. The molecule has 1 aromatic heterocycles. The third-order valence-corrected chi connectivity index (χ3v) is 28.7. The SMILES string of the molecule is CC[C@](O)(CCN1CCc2c([nH]c3ccccc23)[C@@]1(C)c1cc2c(cc1OC)N(C)C1[C@]23CC(C)N2CC=C[C@@](CC)([C@@H](O)[C@]1(O)C(=O)CNC(=O)OCCSSC[C@@H](CC(=O)[C@H](CC(=O)O)NC(=O)[C@@H](N)CNC(=O)[C@@H](CC(=O)[C@H](Cc1ccccc1)NC(=O)CCNC(=O)CC[C@H](NC(=O)N[C@@H](CCC(=O)O)OC=O)C(=O)O)Cc1ccccc1)C(=O)O)[C@H]23)CC(C)C. The molecule has 36 nitrogen and oxygen atoms in total. The van der Waals surface area contributed by atoms with Crippen LogP contribution in [0.15, 0.2) is 109 Å². The number of para-hydroxylation sites is 1. The molecule has 7 amide bonds. The molecule has 5 aliphatic rings. The van der Waals surface area contributed by atoms with Gasteiger partial charge in [0.25, 0.3) is 6.47 Å². The Labute approximate surface area is 761 Å². The first-order valence-electron chi connectivity index (χ1n) is 44.0. The monoisotopic (exact) mass is 1840 g/mol. The van der Waals surface area contributed by atoms with Gasteiger partial charge < -0.3 is 103 Å². The molecule has 4 aliphatic heterocycles. The fraction of sp³-hybridized carbons (Fsp3) is 0.543. The van der Waals surface area contributed by atoms with Gasteiger partial charge in [-0.3, -0.25) is 62.5 Å². The van der Waals surface area contributed by atoms with Crippen LogP contribution < -0.4 is 52.6 Å². The van der Waals surface area contributed by atoms with Gasteiger partial charge in [0, 0.05) is 146 Å². The van der Waals surface area contributed by atoms with Crippen molar-refractivity contribution in [2.75, 3.05) is 76.4 Å². The van der Waals surface area contributed by atoms with E-state index in [1.54, 1.807) is 67.8 Å². The number of aromatic nitrogens is 1. The van der Waals surface area contributed by atoms with Crippen LogP contribution in [0.4, 0.5) is 15.3 Å². The van der Waals surface area contributed by atoms with Gasteiger partial charge in [-0.25, -0.2) is 14.4 Å². The van der Waals surface area contributed by atoms with Gasteiger partial charge in [-0.2, -0.15) is 0 Å². The number of methoxy groups -OCH3 is 1. The fourth-order valence-corrected chi connectivity index (χ4v) is 22.0. The maximum atomic E-state index is 15.5. The van der Waals surface area contributed by atoms with Crippen LogP contribution in [0.5, 0.6) is 5.75 Å². The molecule has 0 bridgehead atoms. The second-order valence-corrected chi connectivity index (χ2v) is 37.7. The Morgan fingerprint density at radius 2 is 1.42 bits per heavy atom. The Morgan fingerprint density at radius 3 is 2.06 bits per heavy atom. The molecule has 4 aromatic carbocycles. The van der Waals surface area contributed by atoms with E-state index in [0.717, 1.165) is 55.7 Å². The van der Waals surface area contributed by atoms with E-state index >= 15 is 4.79 Å². The number of aliphatic hydroxyl groups is 3. The van der Waals surface area contributed by atoms with Gasteiger partial charge in [0.05, 0.1) is 61.7 Å². The minimum atomic E-state index is -2.53. The number of aliphatic hydroxyl groups excluding tert-OH is 1. The number of benzene rings is 4. The third kappa shape index (κ3) is 23.3. The lowest BCUT2D eigenvalue weighted by atomic mass is 9.47. The first kappa shape index (κ1) is 101. The molecule has 2 unspecified atom stereocenters. The number of nitrogens with zero attached hydrogens (tertiary/aromatic N) is 3. The average molecular weight is 1840 g/mol. The van der Waals surface area contributed by atoms with Gasteiger partial charge in [-0.05, 0) is 112 Å². The Balaban J connectivity index is 0.730. The number of alkyl carbamates (subject to hydrolysis) is 1. The number of aromatic amines is 1. The summed E-state index contributed by atoms with van der Waals surface area (Å²) in [6.07, 6.45) is -1.31. The number of ketones is 3. The molecule has 2 fully saturated rings. The van der Waals surface area contributed by atoms with Gasteiger partial charge in [-0.15, -0.1) is 0 Å². The number of carbonyl (C=O) groups is 14. The lowest BCUT2D eigenvalue weighted by Gasteiger charge is -2.63. The number of nitrogens with one attached hydrogen (secondary N) is 8. The minimum absolute atomic E-state index is 0.0340. The van der Waals surface area contributed by atoms with Crippen LogP contribution in [-0.4, -0.2) is 271 Å². The van der Waals surface area contributed by atoms with Crippen molar-refractivity contribution in [1.82, 2.24) is 52.0 Å². The molecule has 1 saturated carbocycles. The van der Waals surface area contributed by atoms with Gasteiger partial charge >= 0.3 is 36.0 Å². The Morgan fingerprint density at radius 1 is 0.738 bits per heavy atom. The number of hydrogen-bond donors (Lipinski definition) is 16. The molecule has 17 N–H and O–H groups in total. The highest BCUT2D eigenvalue weighted by atomic mass is 33.1. The number of ether oxygens (including phenoxy) is 3. The molecule has 1 spiro atoms. The third-order valence-electron chi connectivity index (χ3n) is 26.2. The van der Waals surface area contributed by atoms with E-state index in [2.05, 4.69) is 103 Å². The number of fused-ring (bicyclic) bond motifs is 4. The Bertz CT molecular complexity index is 4970. The van der Waals surface area contributed by atoms with E-state index < -0.39 is 217 Å². The molecule has 5 heterocycles. The lowest BCUT2D eigenvalue weighted by Crippen LogP contribution is -2.81. The highest BCUT2D eigenvalue weighted by Gasteiger charge is 2.79. The molecular weight excluding hydrogens is 1720 g/mol. The van der Waals surface area contributed by atoms with Crippen LogP contribution in [0.3, 0.4) is 0 Å². The number of aliphatic carboxylic acids is 4. The highest BCUT2D eigenvalue weighted by molar-refractivity contribution is 8.76. The number of Topliss-reactive ketones (excluding diaryl/α,β-unsaturated/α-hetero) is 3. The summed E-state index contributed by atoms with van der Waals surface area (Å²) in [7, 11) is 5.52. The van der Waals surface area contributed by atoms with Crippen molar-refractivity contribution in [3.8, 4) is 5.75 Å². The van der Waals surface area contributed by atoms with Crippen molar-refractivity contribution in [2.45, 2.75) is 221 Å². The van der Waals surface area contributed by atoms with Crippen molar-refractivity contribution in [3.63, 3.8) is 0 Å². The molecule has 706 valence electrons. The van der Waals surface area contributed by atoms with Crippen LogP contribution in [0.2, 0.25) is 0 Å². The molecule has 16 atom stereocenters. The molecule has 0 radical (unpaired) electrons. The normalized spacial score (nSPS) is 22.8. The maximum absolute atomic E-state index is 15.5. The first-order valence-corrected chi connectivity index (χ1v) is 46.5. The smallest absolute Gasteiger partial charge is 0.407 e. The molecule has 10 rings (SSSR count). The van der Waals surface area contributed by atoms with Crippen LogP contribution in [0, 0.1) is 23.2 Å². The minimum Gasteiger partial charge on any atom is -0.496 e. The van der Waals surface area contributed by atoms with Gasteiger partial charge in [0.1, 0.15) is 30.5 Å². The predicted octanol–water partition coefficient (Wildman–Crippen LogP) is 5.15. The number of likely N-dealkylation sites (N-methyl/N-ethyl adjacent to an activating group) is 1. The van der Waals surface area contributed by atoms with Crippen molar-refractivity contribution < 1.29 is 117 Å². The topological polar surface area (TPSA) is 544 Å². The van der Waals surface area contributed by atoms with E-state index in [1.165, 1.54) is 5.56 Å². The molecule has 38 heteroatoms. The summed E-state index contributed by atoms with van der Waals surface area (Å²) in [6.45, 7) is 12.4. The van der Waals surface area contributed by atoms with E-state index in [4.69, 9.17) is 20.3 Å². The summed E-state index contributed by atoms with van der Waals surface area (Å²) in [5.41, 5.74) is 6.58. The van der Waals surface area contributed by atoms with Gasteiger partial charge in [0.15, 0.2) is 29.2 Å². The van der Waals surface area contributed by atoms with Crippen LogP contribution in [0.1, 0.15) is 159 Å². The van der Waals surface area contributed by atoms with Crippen molar-refractivity contribution >= 4 is 122 Å². The van der Waals surface area contributed by atoms with Crippen LogP contribution in [-0.2, 0) is 97.2 Å². The summed E-state index contributed by atoms with van der Waals surface area (Å²) in [5, 5.41) is 95.9. The first-order chi connectivity index (χ1) is 61.8. The zero-order valence-corrected chi connectivity index (χ0v) is 76.0. The molecule has 1 saturated heterocycles. The van der Waals surface area contributed by atoms with E-state index in [1.807, 2.05) is 56.1 Å².